The molecule has 0 amide bonds. The number of hydrogen-bond donors (Lipinski definition) is 0. The van der Waals surface area contributed by atoms with E-state index in [9.17, 15) is 0 Å². The summed E-state index contributed by atoms with van der Waals surface area (Å²) in [4.78, 5) is 0. The maximum atomic E-state index is 6.87. The molecule has 3 aromatic carbocycles. The Balaban J connectivity index is 2.37. The molecule has 0 N–H and O–H groups in total. The predicted molar refractivity (Wildman–Crippen MR) is 149 cm³/mol. The smallest absolute Gasteiger partial charge is 0.138 e. The fourth-order valence-corrected chi connectivity index (χ4v) is 5.61. The van der Waals surface area contributed by atoms with Crippen molar-refractivity contribution in [3.63, 3.8) is 0 Å². The SMILES string of the molecule is C=C(CC)c1c(Cl)c(Cl)c(Cl)c(C)c1C1=c2cc(C)c(=C)c(C)c2Oc2c1cc(C)c(C)c2C. The van der Waals surface area contributed by atoms with E-state index < -0.39 is 0 Å². The molecule has 0 saturated heterocycles. The summed E-state index contributed by atoms with van der Waals surface area (Å²) in [5.74, 6) is 1.67. The van der Waals surface area contributed by atoms with Crippen LogP contribution >= 0.6 is 34.8 Å². The van der Waals surface area contributed by atoms with Gasteiger partial charge in [0.25, 0.3) is 0 Å². The number of ether oxygens (including phenoxy) is 1. The lowest BCUT2D eigenvalue weighted by Crippen LogP contribution is -2.25. The Morgan fingerprint density at radius 2 is 1.44 bits per heavy atom. The van der Waals surface area contributed by atoms with Crippen LogP contribution in [0.25, 0.3) is 17.7 Å². The summed E-state index contributed by atoms with van der Waals surface area (Å²) in [5.41, 5.74) is 11.3. The molecule has 0 unspecified atom stereocenters. The number of hydrogen-bond acceptors (Lipinski definition) is 1. The number of rotatable bonds is 3. The maximum Gasteiger partial charge on any atom is 0.138 e. The normalized spacial score (nSPS) is 12.4. The first-order valence-corrected chi connectivity index (χ1v) is 12.5. The van der Waals surface area contributed by atoms with Crippen molar-refractivity contribution in [1.82, 2.24) is 0 Å². The van der Waals surface area contributed by atoms with Crippen molar-refractivity contribution in [2.24, 2.45) is 0 Å². The van der Waals surface area contributed by atoms with Crippen LogP contribution in [0.5, 0.6) is 11.5 Å². The molecule has 34 heavy (non-hydrogen) atoms. The van der Waals surface area contributed by atoms with Gasteiger partial charge < -0.3 is 4.74 Å². The van der Waals surface area contributed by atoms with Crippen LogP contribution in [0, 0.1) is 41.5 Å². The van der Waals surface area contributed by atoms with Gasteiger partial charge in [-0.25, -0.2) is 0 Å². The second-order valence-electron chi connectivity index (χ2n) is 9.24. The van der Waals surface area contributed by atoms with Gasteiger partial charge in [0.15, 0.2) is 0 Å². The Morgan fingerprint density at radius 1 is 0.794 bits per heavy atom. The molecule has 1 heterocycles. The van der Waals surface area contributed by atoms with Crippen LogP contribution in [0.3, 0.4) is 0 Å². The van der Waals surface area contributed by atoms with Crippen LogP contribution in [0.15, 0.2) is 18.7 Å². The molecule has 0 aliphatic carbocycles. The Bertz CT molecular complexity index is 1530. The standard InChI is InChI=1S/C30H29Cl3O/c1-10-13(2)23-24(20(9)26(31)28(33)27(23)32)25-21-11-14(3)16(5)18(7)29(21)34-30-19(8)17(6)15(4)12-22(25)30/h11-12H,2,5,10H2,1,3-4,6-9H3. The van der Waals surface area contributed by atoms with Gasteiger partial charge in [0.2, 0.25) is 0 Å². The zero-order valence-corrected chi connectivity index (χ0v) is 23.1. The molecular weight excluding hydrogens is 483 g/mol. The molecule has 1 aliphatic rings. The van der Waals surface area contributed by atoms with Crippen LogP contribution < -0.4 is 15.2 Å². The molecular formula is C30H29Cl3O. The number of allylic oxidation sites excluding steroid dienone is 1. The molecule has 1 aliphatic heterocycles. The van der Waals surface area contributed by atoms with Crippen LogP contribution in [-0.2, 0) is 0 Å². The summed E-state index contributed by atoms with van der Waals surface area (Å²) in [5, 5.41) is 3.23. The van der Waals surface area contributed by atoms with Gasteiger partial charge in [-0.15, -0.1) is 0 Å². The van der Waals surface area contributed by atoms with Crippen molar-refractivity contribution in [2.45, 2.75) is 54.9 Å². The lowest BCUT2D eigenvalue weighted by molar-refractivity contribution is 0.463. The van der Waals surface area contributed by atoms with E-state index >= 15 is 0 Å². The third-order valence-electron chi connectivity index (χ3n) is 7.31. The van der Waals surface area contributed by atoms with Gasteiger partial charge in [0.05, 0.1) is 15.1 Å². The molecule has 0 spiro atoms. The highest BCUT2D eigenvalue weighted by atomic mass is 35.5. The third kappa shape index (κ3) is 3.52. The zero-order chi connectivity index (χ0) is 25.2. The lowest BCUT2D eigenvalue weighted by Gasteiger charge is -2.29. The van der Waals surface area contributed by atoms with Gasteiger partial charge in [0.1, 0.15) is 11.5 Å². The highest BCUT2D eigenvalue weighted by molar-refractivity contribution is 6.49. The van der Waals surface area contributed by atoms with E-state index in [0.29, 0.717) is 15.1 Å². The van der Waals surface area contributed by atoms with Crippen LogP contribution in [-0.4, -0.2) is 0 Å². The minimum atomic E-state index is 0.360. The van der Waals surface area contributed by atoms with E-state index in [1.807, 2.05) is 6.92 Å². The van der Waals surface area contributed by atoms with E-state index in [0.717, 1.165) is 78.4 Å². The third-order valence-corrected chi connectivity index (χ3v) is 8.73. The first kappa shape index (κ1) is 24.9. The fourth-order valence-electron chi connectivity index (χ4n) is 4.81. The first-order valence-electron chi connectivity index (χ1n) is 11.4. The molecule has 0 saturated carbocycles. The van der Waals surface area contributed by atoms with Crippen molar-refractivity contribution >= 4 is 52.5 Å². The van der Waals surface area contributed by atoms with E-state index in [1.54, 1.807) is 0 Å². The van der Waals surface area contributed by atoms with Crippen molar-refractivity contribution in [1.29, 1.82) is 0 Å². The summed E-state index contributed by atoms with van der Waals surface area (Å²) in [6.07, 6.45) is 0.732. The van der Waals surface area contributed by atoms with Crippen molar-refractivity contribution in [2.75, 3.05) is 0 Å². The Kier molecular flexibility index (Phi) is 6.44. The summed E-state index contributed by atoms with van der Waals surface area (Å²) < 4.78 is 6.64. The highest BCUT2D eigenvalue weighted by Gasteiger charge is 2.30. The van der Waals surface area contributed by atoms with E-state index in [4.69, 9.17) is 39.5 Å². The fraction of sp³-hybridized carbons (Fsp3) is 0.267. The molecule has 4 heteroatoms. The van der Waals surface area contributed by atoms with E-state index in [-0.39, 0.29) is 0 Å². The minimum Gasteiger partial charge on any atom is -0.455 e. The van der Waals surface area contributed by atoms with E-state index in [2.05, 4.69) is 66.8 Å². The Hall–Kier alpha value is -2.19. The molecule has 4 rings (SSSR count). The number of benzene rings is 3. The van der Waals surface area contributed by atoms with Crippen molar-refractivity contribution in [3.8, 4) is 11.5 Å². The molecule has 0 bridgehead atoms. The van der Waals surface area contributed by atoms with Gasteiger partial charge in [0, 0.05) is 21.9 Å². The Morgan fingerprint density at radius 3 is 2.06 bits per heavy atom. The molecule has 1 nitrogen and oxygen atoms in total. The first-order chi connectivity index (χ1) is 15.9. The largest absolute Gasteiger partial charge is 0.455 e. The minimum absolute atomic E-state index is 0.360. The summed E-state index contributed by atoms with van der Waals surface area (Å²) >= 11 is 20.2. The van der Waals surface area contributed by atoms with Crippen molar-refractivity contribution < 1.29 is 4.74 Å². The molecule has 0 radical (unpaired) electrons. The van der Waals surface area contributed by atoms with Crippen molar-refractivity contribution in [3.05, 3.63) is 94.3 Å². The number of aryl methyl sites for hydroxylation is 2. The van der Waals surface area contributed by atoms with Gasteiger partial charge >= 0.3 is 0 Å². The summed E-state index contributed by atoms with van der Waals surface area (Å²) in [7, 11) is 0. The predicted octanol–water partition coefficient (Wildman–Crippen LogP) is 8.68. The zero-order valence-electron chi connectivity index (χ0n) is 20.8. The quantitative estimate of drug-likeness (QED) is 0.250. The lowest BCUT2D eigenvalue weighted by atomic mass is 9.82. The van der Waals surface area contributed by atoms with Gasteiger partial charge in [-0.05, 0) is 110 Å². The Labute approximate surface area is 217 Å². The number of fused-ring (bicyclic) bond motifs is 2. The van der Waals surface area contributed by atoms with Crippen LogP contribution in [0.2, 0.25) is 15.1 Å². The monoisotopic (exact) mass is 510 g/mol. The molecule has 0 aromatic heterocycles. The summed E-state index contributed by atoms with van der Waals surface area (Å²) in [6.45, 7) is 23.2. The average Bonchev–Trinajstić information content (AvgIpc) is 2.81. The number of halogens is 3. The average molecular weight is 512 g/mol. The maximum absolute atomic E-state index is 6.87. The second-order valence-corrected chi connectivity index (χ2v) is 10.4. The molecule has 176 valence electrons. The topological polar surface area (TPSA) is 9.23 Å². The molecule has 0 fully saturated rings. The second kappa shape index (κ2) is 8.79. The van der Waals surface area contributed by atoms with Gasteiger partial charge in [-0.1, -0.05) is 54.9 Å². The van der Waals surface area contributed by atoms with Crippen LogP contribution in [0.1, 0.15) is 63.4 Å². The summed E-state index contributed by atoms with van der Waals surface area (Å²) in [6, 6.07) is 4.36. The van der Waals surface area contributed by atoms with Crippen LogP contribution in [0.4, 0.5) is 0 Å². The van der Waals surface area contributed by atoms with E-state index in [1.165, 1.54) is 11.1 Å². The molecule has 0 atom stereocenters. The highest BCUT2D eigenvalue weighted by Crippen LogP contribution is 2.48. The van der Waals surface area contributed by atoms with Gasteiger partial charge in [-0.3, -0.25) is 0 Å². The van der Waals surface area contributed by atoms with Gasteiger partial charge in [-0.2, -0.15) is 0 Å². The molecule has 3 aromatic rings.